The van der Waals surface area contributed by atoms with Crippen molar-refractivity contribution in [2.24, 2.45) is 0 Å². The van der Waals surface area contributed by atoms with Gasteiger partial charge in [-0.05, 0) is 12.0 Å². The zero-order valence-corrected chi connectivity index (χ0v) is 11.0. The molecule has 2 N–H and O–H groups in total. The number of aromatic amines is 1. The number of piperazine rings is 1. The average molecular weight is 257 g/mol. The summed E-state index contributed by atoms with van der Waals surface area (Å²) in [6.45, 7) is 3.98. The Bertz CT molecular complexity index is 502. The first-order valence-corrected chi connectivity index (χ1v) is 6.83. The molecule has 0 aliphatic carbocycles. The predicted molar refractivity (Wildman–Crippen MR) is 75.3 cm³/mol. The van der Waals surface area contributed by atoms with Crippen molar-refractivity contribution >= 4 is 5.95 Å². The molecule has 1 aromatic heterocycles. The van der Waals surface area contributed by atoms with Crippen LogP contribution in [0.15, 0.2) is 30.3 Å². The fraction of sp³-hybridized carbons (Fsp3) is 0.429. The normalized spacial score (nSPS) is 15.7. The molecule has 5 heteroatoms. The molecule has 0 saturated carbocycles. The van der Waals surface area contributed by atoms with Gasteiger partial charge in [0.25, 0.3) is 0 Å². The Morgan fingerprint density at radius 1 is 1.05 bits per heavy atom. The van der Waals surface area contributed by atoms with Gasteiger partial charge in [0.05, 0.1) is 0 Å². The van der Waals surface area contributed by atoms with Gasteiger partial charge in [-0.15, -0.1) is 5.10 Å². The zero-order valence-electron chi connectivity index (χ0n) is 11.0. The molecule has 0 bridgehead atoms. The quantitative estimate of drug-likeness (QED) is 0.858. The number of rotatable bonds is 4. The highest BCUT2D eigenvalue weighted by Crippen LogP contribution is 2.09. The lowest BCUT2D eigenvalue weighted by Gasteiger charge is -2.25. The smallest absolute Gasteiger partial charge is 0.244 e. The summed E-state index contributed by atoms with van der Waals surface area (Å²) in [5.41, 5.74) is 1.34. The molecule has 1 saturated heterocycles. The molecule has 0 unspecified atom stereocenters. The van der Waals surface area contributed by atoms with E-state index in [1.807, 2.05) is 6.07 Å². The van der Waals surface area contributed by atoms with Crippen molar-refractivity contribution in [3.63, 3.8) is 0 Å². The Morgan fingerprint density at radius 3 is 2.63 bits per heavy atom. The van der Waals surface area contributed by atoms with E-state index in [0.717, 1.165) is 50.8 Å². The molecule has 2 aromatic rings. The Kier molecular flexibility index (Phi) is 3.74. The molecule has 0 spiro atoms. The lowest BCUT2D eigenvalue weighted by Crippen LogP contribution is -2.44. The standard InChI is InChI=1S/C14H19N5/c1-2-4-12(5-3-1)6-7-13-16-14(18-17-13)19-10-8-15-9-11-19/h1-5,15H,6-11H2,(H,16,17,18). The molecule has 0 radical (unpaired) electrons. The van der Waals surface area contributed by atoms with Gasteiger partial charge in [-0.2, -0.15) is 4.98 Å². The van der Waals surface area contributed by atoms with Crippen molar-refractivity contribution < 1.29 is 0 Å². The molecule has 2 heterocycles. The van der Waals surface area contributed by atoms with Crippen molar-refractivity contribution in [2.45, 2.75) is 12.8 Å². The summed E-state index contributed by atoms with van der Waals surface area (Å²) in [6, 6.07) is 10.5. The number of benzene rings is 1. The number of nitrogens with one attached hydrogen (secondary N) is 2. The van der Waals surface area contributed by atoms with Crippen LogP contribution in [0.4, 0.5) is 5.95 Å². The Morgan fingerprint density at radius 2 is 1.84 bits per heavy atom. The molecular weight excluding hydrogens is 238 g/mol. The highest BCUT2D eigenvalue weighted by Gasteiger charge is 2.14. The van der Waals surface area contributed by atoms with Crippen LogP contribution in [0.3, 0.4) is 0 Å². The lowest BCUT2D eigenvalue weighted by molar-refractivity contribution is 0.580. The minimum absolute atomic E-state index is 0.838. The van der Waals surface area contributed by atoms with E-state index < -0.39 is 0 Å². The van der Waals surface area contributed by atoms with Gasteiger partial charge in [-0.25, -0.2) is 0 Å². The SMILES string of the molecule is c1ccc(CCc2nc(N3CCNCC3)n[nH]2)cc1. The van der Waals surface area contributed by atoms with E-state index in [2.05, 4.69) is 49.7 Å². The Hall–Kier alpha value is -1.88. The van der Waals surface area contributed by atoms with E-state index in [9.17, 15) is 0 Å². The van der Waals surface area contributed by atoms with Gasteiger partial charge >= 0.3 is 0 Å². The van der Waals surface area contributed by atoms with Gasteiger partial charge in [0.2, 0.25) is 5.95 Å². The summed E-state index contributed by atoms with van der Waals surface area (Å²) in [6.07, 6.45) is 1.90. The third-order valence-electron chi connectivity index (χ3n) is 3.41. The maximum Gasteiger partial charge on any atom is 0.244 e. The third-order valence-corrected chi connectivity index (χ3v) is 3.41. The molecule has 1 aliphatic heterocycles. The number of H-pyrrole nitrogens is 1. The number of hydrogen-bond donors (Lipinski definition) is 2. The van der Waals surface area contributed by atoms with E-state index in [0.29, 0.717) is 0 Å². The third kappa shape index (κ3) is 3.12. The van der Waals surface area contributed by atoms with Gasteiger partial charge < -0.3 is 10.2 Å². The first-order chi connectivity index (χ1) is 9.42. The van der Waals surface area contributed by atoms with Crippen LogP contribution < -0.4 is 10.2 Å². The summed E-state index contributed by atoms with van der Waals surface area (Å²) in [4.78, 5) is 6.80. The van der Waals surface area contributed by atoms with Gasteiger partial charge in [0.15, 0.2) is 0 Å². The van der Waals surface area contributed by atoms with E-state index in [-0.39, 0.29) is 0 Å². The molecule has 1 aromatic carbocycles. The minimum Gasteiger partial charge on any atom is -0.337 e. The van der Waals surface area contributed by atoms with Crippen molar-refractivity contribution in [1.29, 1.82) is 0 Å². The molecular formula is C14H19N5. The van der Waals surface area contributed by atoms with Gasteiger partial charge in [0.1, 0.15) is 5.82 Å². The van der Waals surface area contributed by atoms with E-state index in [1.54, 1.807) is 0 Å². The van der Waals surface area contributed by atoms with Crippen LogP contribution in [0.5, 0.6) is 0 Å². The van der Waals surface area contributed by atoms with Crippen molar-refractivity contribution in [3.05, 3.63) is 41.7 Å². The molecule has 5 nitrogen and oxygen atoms in total. The molecule has 1 fully saturated rings. The van der Waals surface area contributed by atoms with Crippen LogP contribution in [0.25, 0.3) is 0 Å². The molecule has 3 rings (SSSR count). The van der Waals surface area contributed by atoms with E-state index >= 15 is 0 Å². The second kappa shape index (κ2) is 5.84. The van der Waals surface area contributed by atoms with Gasteiger partial charge in [-0.1, -0.05) is 30.3 Å². The number of anilines is 1. The number of aromatic nitrogens is 3. The van der Waals surface area contributed by atoms with Crippen LogP contribution in [0.2, 0.25) is 0 Å². The second-order valence-electron chi connectivity index (χ2n) is 4.80. The first-order valence-electron chi connectivity index (χ1n) is 6.83. The summed E-state index contributed by atoms with van der Waals surface area (Å²) < 4.78 is 0. The number of aryl methyl sites for hydroxylation is 2. The largest absolute Gasteiger partial charge is 0.337 e. The molecule has 0 atom stereocenters. The second-order valence-corrected chi connectivity index (χ2v) is 4.80. The topological polar surface area (TPSA) is 56.8 Å². The van der Waals surface area contributed by atoms with Crippen molar-refractivity contribution in [3.8, 4) is 0 Å². The summed E-state index contributed by atoms with van der Waals surface area (Å²) >= 11 is 0. The summed E-state index contributed by atoms with van der Waals surface area (Å²) in [7, 11) is 0. The van der Waals surface area contributed by atoms with Crippen LogP contribution in [0, 0.1) is 0 Å². The number of hydrogen-bond acceptors (Lipinski definition) is 4. The van der Waals surface area contributed by atoms with Crippen LogP contribution >= 0.6 is 0 Å². The summed E-state index contributed by atoms with van der Waals surface area (Å²) in [5, 5.41) is 10.7. The highest BCUT2D eigenvalue weighted by atomic mass is 15.4. The predicted octanol–water partition coefficient (Wildman–Crippen LogP) is 0.999. The van der Waals surface area contributed by atoms with Gasteiger partial charge in [0, 0.05) is 32.6 Å². The van der Waals surface area contributed by atoms with E-state index in [1.165, 1.54) is 5.56 Å². The minimum atomic E-state index is 0.838. The molecule has 19 heavy (non-hydrogen) atoms. The van der Waals surface area contributed by atoms with Crippen molar-refractivity contribution in [1.82, 2.24) is 20.5 Å². The van der Waals surface area contributed by atoms with Crippen molar-refractivity contribution in [2.75, 3.05) is 31.1 Å². The number of nitrogens with zero attached hydrogens (tertiary/aromatic N) is 3. The maximum atomic E-state index is 4.58. The Labute approximate surface area is 113 Å². The van der Waals surface area contributed by atoms with Crippen LogP contribution in [-0.4, -0.2) is 41.4 Å². The zero-order chi connectivity index (χ0) is 12.9. The lowest BCUT2D eigenvalue weighted by atomic mass is 10.1. The Balaban J connectivity index is 1.58. The average Bonchev–Trinajstić information content (AvgIpc) is 2.96. The molecule has 1 aliphatic rings. The fourth-order valence-corrected chi connectivity index (χ4v) is 2.31. The van der Waals surface area contributed by atoms with E-state index in [4.69, 9.17) is 0 Å². The fourth-order valence-electron chi connectivity index (χ4n) is 2.31. The first kappa shape index (κ1) is 12.2. The molecule has 0 amide bonds. The molecule has 100 valence electrons. The highest BCUT2D eigenvalue weighted by molar-refractivity contribution is 5.29. The van der Waals surface area contributed by atoms with Crippen LogP contribution in [-0.2, 0) is 12.8 Å². The maximum absolute atomic E-state index is 4.58. The van der Waals surface area contributed by atoms with Gasteiger partial charge in [-0.3, -0.25) is 5.10 Å². The monoisotopic (exact) mass is 257 g/mol. The summed E-state index contributed by atoms with van der Waals surface area (Å²) in [5.74, 6) is 1.81. The van der Waals surface area contributed by atoms with Crippen LogP contribution in [0.1, 0.15) is 11.4 Å².